The topological polar surface area (TPSA) is 45.7 Å². The van der Waals surface area contributed by atoms with Crippen LogP contribution < -0.4 is 4.90 Å². The predicted octanol–water partition coefficient (Wildman–Crippen LogP) is 4.73. The van der Waals surface area contributed by atoms with Crippen LogP contribution >= 0.6 is 24.2 Å². The van der Waals surface area contributed by atoms with E-state index in [-0.39, 0.29) is 24.6 Å². The lowest BCUT2D eigenvalue weighted by atomic mass is 10.1. The fourth-order valence-electron chi connectivity index (χ4n) is 3.31. The van der Waals surface area contributed by atoms with Crippen molar-refractivity contribution in [1.82, 2.24) is 9.88 Å². The van der Waals surface area contributed by atoms with E-state index < -0.39 is 0 Å². The number of hydrogen-bond donors (Lipinski definition) is 0. The molecule has 0 bridgehead atoms. The van der Waals surface area contributed by atoms with Gasteiger partial charge in [0.25, 0.3) is 0 Å². The van der Waals surface area contributed by atoms with Gasteiger partial charge in [-0.25, -0.2) is 14.7 Å². The van der Waals surface area contributed by atoms with E-state index in [0.29, 0.717) is 5.82 Å². The van der Waals surface area contributed by atoms with Crippen molar-refractivity contribution in [3.05, 3.63) is 42.6 Å². The number of nitrogens with zero attached hydrogens (tertiary/aromatic N) is 3. The lowest BCUT2D eigenvalue weighted by Crippen LogP contribution is -2.40. The van der Waals surface area contributed by atoms with Crippen LogP contribution in [-0.2, 0) is 4.74 Å². The van der Waals surface area contributed by atoms with E-state index in [4.69, 9.17) is 4.74 Å². The zero-order valence-corrected chi connectivity index (χ0v) is 16.3. The largest absolute Gasteiger partial charge is 0.445 e. The number of carbonyl (C=O) groups is 1. The summed E-state index contributed by atoms with van der Waals surface area (Å²) in [4.78, 5) is 23.4. The molecule has 0 N–H and O–H groups in total. The van der Waals surface area contributed by atoms with E-state index in [1.807, 2.05) is 36.4 Å². The van der Waals surface area contributed by atoms with Crippen molar-refractivity contribution >= 4 is 41.8 Å². The second-order valence-electron chi connectivity index (χ2n) is 6.25. The summed E-state index contributed by atoms with van der Waals surface area (Å²) in [6.07, 6.45) is 3.14. The zero-order chi connectivity index (χ0) is 17.2. The number of anilines is 2. The molecule has 2 aromatic rings. The third kappa shape index (κ3) is 3.68. The molecule has 4 rings (SSSR count). The monoisotopic (exact) mass is 391 g/mol. The summed E-state index contributed by atoms with van der Waals surface area (Å²) in [5.41, 5.74) is 0.842. The average molecular weight is 392 g/mol. The summed E-state index contributed by atoms with van der Waals surface area (Å²) in [7, 11) is 0. The normalized spacial score (nSPS) is 17.0. The van der Waals surface area contributed by atoms with E-state index in [2.05, 4.69) is 16.8 Å². The van der Waals surface area contributed by atoms with Gasteiger partial charge in [0.2, 0.25) is 0 Å². The van der Waals surface area contributed by atoms with Crippen LogP contribution in [0.4, 0.5) is 16.3 Å². The summed E-state index contributed by atoms with van der Waals surface area (Å²) in [6, 6.07) is 11.8. The minimum Gasteiger partial charge on any atom is -0.445 e. The second kappa shape index (κ2) is 8.29. The maximum Gasteiger partial charge on any atom is 0.420 e. The molecule has 0 unspecified atom stereocenters. The molecule has 7 heteroatoms. The van der Waals surface area contributed by atoms with Gasteiger partial charge >= 0.3 is 6.09 Å². The van der Waals surface area contributed by atoms with Crippen molar-refractivity contribution < 1.29 is 9.53 Å². The molecule has 1 aromatic carbocycles. The Hall–Kier alpha value is -1.76. The number of likely N-dealkylation sites (tertiary alicyclic amines) is 1. The lowest BCUT2D eigenvalue weighted by molar-refractivity contribution is 0.0576. The average Bonchev–Trinajstić information content (AvgIpc) is 2.66. The number of amides is 1. The predicted molar refractivity (Wildman–Crippen MR) is 106 cm³/mol. The number of ether oxygens (including phenoxy) is 1. The van der Waals surface area contributed by atoms with E-state index >= 15 is 0 Å². The van der Waals surface area contributed by atoms with Gasteiger partial charge in [0.15, 0.2) is 5.82 Å². The number of carbonyl (C=O) groups excluding carboxylic acids is 1. The quantitative estimate of drug-likeness (QED) is 0.740. The first-order valence-corrected chi connectivity index (χ1v) is 9.53. The number of aromatic nitrogens is 1. The maximum absolute atomic E-state index is 13.0. The Bertz CT molecular complexity index is 735. The second-order valence-corrected chi connectivity index (χ2v) is 7.33. The molecule has 3 heterocycles. The van der Waals surface area contributed by atoms with Crippen molar-refractivity contribution in [3.63, 3.8) is 0 Å². The van der Waals surface area contributed by atoms with Crippen LogP contribution in [-0.4, -0.2) is 41.7 Å². The third-order valence-corrected chi connectivity index (χ3v) is 5.82. The first-order chi connectivity index (χ1) is 12.3. The van der Waals surface area contributed by atoms with Crippen molar-refractivity contribution in [2.24, 2.45) is 0 Å². The van der Waals surface area contributed by atoms with E-state index in [1.165, 1.54) is 0 Å². The maximum atomic E-state index is 13.0. The van der Waals surface area contributed by atoms with Crippen molar-refractivity contribution in [3.8, 4) is 0 Å². The Labute approximate surface area is 164 Å². The number of piperidine rings is 1. The Kier molecular flexibility index (Phi) is 6.06. The van der Waals surface area contributed by atoms with Crippen LogP contribution in [0.25, 0.3) is 0 Å². The molecule has 0 atom stereocenters. The first-order valence-electron chi connectivity index (χ1n) is 8.71. The summed E-state index contributed by atoms with van der Waals surface area (Å²) in [5.74, 6) is 0.655. The smallest absolute Gasteiger partial charge is 0.420 e. The third-order valence-electron chi connectivity index (χ3n) is 4.72. The Morgan fingerprint density at radius 1 is 1.19 bits per heavy atom. The molecule has 0 aliphatic carbocycles. The number of halogens is 1. The van der Waals surface area contributed by atoms with Gasteiger partial charge in [-0.2, -0.15) is 0 Å². The van der Waals surface area contributed by atoms with Crippen molar-refractivity contribution in [2.45, 2.75) is 35.7 Å². The van der Waals surface area contributed by atoms with Gasteiger partial charge in [0, 0.05) is 24.2 Å². The molecule has 0 saturated carbocycles. The molecular weight excluding hydrogens is 370 g/mol. The molecule has 2 aliphatic heterocycles. The number of para-hydroxylation sites is 1. The Morgan fingerprint density at radius 3 is 2.69 bits per heavy atom. The molecule has 1 aromatic heterocycles. The highest BCUT2D eigenvalue weighted by atomic mass is 35.5. The fourth-order valence-corrected chi connectivity index (χ4v) is 4.34. The van der Waals surface area contributed by atoms with Gasteiger partial charge in [-0.1, -0.05) is 30.8 Å². The van der Waals surface area contributed by atoms with Crippen LogP contribution in [0, 0.1) is 0 Å². The van der Waals surface area contributed by atoms with Gasteiger partial charge in [-0.05, 0) is 43.7 Å². The van der Waals surface area contributed by atoms with E-state index in [1.54, 1.807) is 22.9 Å². The lowest BCUT2D eigenvalue weighted by Gasteiger charge is -2.33. The fraction of sp³-hybridized carbons (Fsp3) is 0.368. The van der Waals surface area contributed by atoms with E-state index in [0.717, 1.165) is 48.0 Å². The number of hydrogen-bond acceptors (Lipinski definition) is 5. The van der Waals surface area contributed by atoms with Crippen LogP contribution in [0.1, 0.15) is 19.8 Å². The summed E-state index contributed by atoms with van der Waals surface area (Å²) < 4.78 is 5.85. The molecule has 1 saturated heterocycles. The summed E-state index contributed by atoms with van der Waals surface area (Å²) in [6.45, 7) is 5.18. The molecule has 2 aliphatic rings. The number of benzene rings is 1. The minimum absolute atomic E-state index is 0. The summed E-state index contributed by atoms with van der Waals surface area (Å²) in [5, 5.41) is 0. The van der Waals surface area contributed by atoms with Gasteiger partial charge in [0.1, 0.15) is 6.10 Å². The highest BCUT2D eigenvalue weighted by Crippen LogP contribution is 2.47. The van der Waals surface area contributed by atoms with E-state index in [9.17, 15) is 4.79 Å². The molecular formula is C19H22ClN3O2S. The SMILES string of the molecule is CCN1CCC(OC(=O)N2c3ccccc3Sc3cccnc32)CC1.Cl. The van der Waals surface area contributed by atoms with Crippen LogP contribution in [0.5, 0.6) is 0 Å². The molecule has 0 spiro atoms. The Balaban J connectivity index is 0.00000196. The van der Waals surface area contributed by atoms with Gasteiger partial charge in [-0.15, -0.1) is 12.4 Å². The highest BCUT2D eigenvalue weighted by molar-refractivity contribution is 7.99. The first kappa shape index (κ1) is 19.0. The van der Waals surface area contributed by atoms with Gasteiger partial charge in [0.05, 0.1) is 10.6 Å². The van der Waals surface area contributed by atoms with Crippen LogP contribution in [0.2, 0.25) is 0 Å². The van der Waals surface area contributed by atoms with Crippen LogP contribution in [0.15, 0.2) is 52.4 Å². The molecule has 26 heavy (non-hydrogen) atoms. The highest BCUT2D eigenvalue weighted by Gasteiger charge is 2.32. The van der Waals surface area contributed by atoms with Crippen LogP contribution in [0.3, 0.4) is 0 Å². The standard InChI is InChI=1S/C19H21N3O2S.ClH/c1-2-21-12-9-14(10-13-21)24-19(23)22-15-6-3-4-7-16(15)25-17-8-5-11-20-18(17)22;/h3-8,11,14H,2,9-10,12-13H2,1H3;1H. The number of pyridine rings is 1. The van der Waals surface area contributed by atoms with Crippen molar-refractivity contribution in [2.75, 3.05) is 24.5 Å². The van der Waals surface area contributed by atoms with Gasteiger partial charge in [-0.3, -0.25) is 0 Å². The zero-order valence-electron chi connectivity index (χ0n) is 14.6. The van der Waals surface area contributed by atoms with Gasteiger partial charge < -0.3 is 9.64 Å². The Morgan fingerprint density at radius 2 is 1.92 bits per heavy atom. The number of rotatable bonds is 2. The number of fused-ring (bicyclic) bond motifs is 2. The summed E-state index contributed by atoms with van der Waals surface area (Å²) >= 11 is 1.63. The van der Waals surface area contributed by atoms with Crippen molar-refractivity contribution in [1.29, 1.82) is 0 Å². The molecule has 1 amide bonds. The molecule has 1 fully saturated rings. The molecule has 5 nitrogen and oxygen atoms in total. The molecule has 138 valence electrons. The minimum atomic E-state index is -0.331. The molecule has 0 radical (unpaired) electrons.